The second-order valence-electron chi connectivity index (χ2n) is 5.61. The molecule has 0 bridgehead atoms. The number of aliphatic hydroxyl groups is 1. The fraction of sp³-hybridized carbons (Fsp3) is 0.500. The van der Waals surface area contributed by atoms with Gasteiger partial charge in [-0.05, 0) is 56.4 Å². The summed E-state index contributed by atoms with van der Waals surface area (Å²) in [7, 11) is 0. The smallest absolute Gasteiger partial charge is 0.251 e. The Hall–Kier alpha value is -1.95. The minimum absolute atomic E-state index is 0.277. The minimum Gasteiger partial charge on any atom is -0.380 e. The number of carbonyl (C=O) groups excluding carboxylic acids is 2. The van der Waals surface area contributed by atoms with Crippen molar-refractivity contribution in [1.29, 1.82) is 0 Å². The molecule has 6 heteroatoms. The van der Waals surface area contributed by atoms with E-state index >= 15 is 0 Å². The van der Waals surface area contributed by atoms with Crippen LogP contribution in [-0.4, -0.2) is 35.6 Å². The lowest BCUT2D eigenvalue weighted by Crippen LogP contribution is -2.45. The Bertz CT molecular complexity index is 525. The van der Waals surface area contributed by atoms with Crippen LogP contribution in [0.1, 0.15) is 42.5 Å². The molecule has 0 aromatic heterocycles. The van der Waals surface area contributed by atoms with E-state index in [9.17, 15) is 19.1 Å². The molecule has 0 heterocycles. The Labute approximate surface area is 128 Å². The van der Waals surface area contributed by atoms with E-state index in [1.54, 1.807) is 0 Å². The highest BCUT2D eigenvalue weighted by molar-refractivity contribution is 5.94. The van der Waals surface area contributed by atoms with Crippen LogP contribution in [0.15, 0.2) is 24.3 Å². The van der Waals surface area contributed by atoms with Crippen molar-refractivity contribution in [2.24, 2.45) is 0 Å². The molecular formula is C16H21FN2O3. The maximum Gasteiger partial charge on any atom is 0.251 e. The number of nitrogens with one attached hydrogen (secondary N) is 2. The zero-order valence-corrected chi connectivity index (χ0v) is 12.4. The molecule has 0 unspecified atom stereocenters. The largest absolute Gasteiger partial charge is 0.380 e. The molecule has 1 fully saturated rings. The Morgan fingerprint density at radius 1 is 1.09 bits per heavy atom. The molecule has 0 saturated heterocycles. The first kappa shape index (κ1) is 16.4. The summed E-state index contributed by atoms with van der Waals surface area (Å²) in [5, 5.41) is 15.5. The molecule has 0 atom stereocenters. The third-order valence-electron chi connectivity index (χ3n) is 3.88. The topological polar surface area (TPSA) is 78.4 Å². The van der Waals surface area contributed by atoms with E-state index in [2.05, 4.69) is 10.6 Å². The molecule has 0 spiro atoms. The van der Waals surface area contributed by atoms with Gasteiger partial charge in [0.1, 0.15) is 11.4 Å². The zero-order chi connectivity index (χ0) is 16.0. The van der Waals surface area contributed by atoms with Gasteiger partial charge in [0.25, 0.3) is 11.8 Å². The summed E-state index contributed by atoms with van der Waals surface area (Å²) in [6.07, 6.45) is 3.34. The van der Waals surface area contributed by atoms with E-state index in [4.69, 9.17) is 0 Å². The lowest BCUT2D eigenvalue weighted by molar-refractivity contribution is -0.139. The molecule has 2 amide bonds. The molecule has 22 heavy (non-hydrogen) atoms. The minimum atomic E-state index is -1.21. The SMILES string of the molecule is O=C(NCCCNC(=O)C1(O)CCCC1)c1ccc(F)cc1. The van der Waals surface area contributed by atoms with E-state index in [0.29, 0.717) is 37.9 Å². The van der Waals surface area contributed by atoms with Gasteiger partial charge in [0.2, 0.25) is 0 Å². The molecule has 2 rings (SSSR count). The maximum absolute atomic E-state index is 12.7. The van der Waals surface area contributed by atoms with E-state index in [0.717, 1.165) is 12.8 Å². The number of halogens is 1. The molecule has 1 aromatic carbocycles. The molecule has 120 valence electrons. The van der Waals surface area contributed by atoms with Crippen molar-refractivity contribution in [2.75, 3.05) is 13.1 Å². The van der Waals surface area contributed by atoms with Crippen LogP contribution >= 0.6 is 0 Å². The predicted molar refractivity (Wildman–Crippen MR) is 79.8 cm³/mol. The van der Waals surface area contributed by atoms with Crippen molar-refractivity contribution >= 4 is 11.8 Å². The first-order valence-corrected chi connectivity index (χ1v) is 7.56. The molecule has 1 saturated carbocycles. The Balaban J connectivity index is 1.64. The highest BCUT2D eigenvalue weighted by atomic mass is 19.1. The van der Waals surface area contributed by atoms with E-state index < -0.39 is 5.60 Å². The summed E-state index contributed by atoms with van der Waals surface area (Å²) in [5.74, 6) is -0.986. The molecule has 1 aromatic rings. The van der Waals surface area contributed by atoms with Crippen LogP contribution in [0.4, 0.5) is 4.39 Å². The highest BCUT2D eigenvalue weighted by Gasteiger charge is 2.38. The van der Waals surface area contributed by atoms with Gasteiger partial charge in [0.15, 0.2) is 0 Å². The normalized spacial score (nSPS) is 16.3. The lowest BCUT2D eigenvalue weighted by Gasteiger charge is -2.20. The summed E-state index contributed by atoms with van der Waals surface area (Å²) in [4.78, 5) is 23.6. The lowest BCUT2D eigenvalue weighted by atomic mass is 10.0. The second-order valence-corrected chi connectivity index (χ2v) is 5.61. The fourth-order valence-electron chi connectivity index (χ4n) is 2.55. The second kappa shape index (κ2) is 7.35. The molecule has 0 aliphatic heterocycles. The standard InChI is InChI=1S/C16H21FN2O3/c17-13-6-4-12(5-7-13)14(20)18-10-3-11-19-15(21)16(22)8-1-2-9-16/h4-7,22H,1-3,8-11H2,(H,18,20)(H,19,21). The van der Waals surface area contributed by atoms with Crippen LogP contribution in [0.25, 0.3) is 0 Å². The van der Waals surface area contributed by atoms with Crippen LogP contribution in [0.5, 0.6) is 0 Å². The van der Waals surface area contributed by atoms with Crippen LogP contribution < -0.4 is 10.6 Å². The monoisotopic (exact) mass is 308 g/mol. The molecule has 3 N–H and O–H groups in total. The number of rotatable bonds is 6. The van der Waals surface area contributed by atoms with Gasteiger partial charge < -0.3 is 15.7 Å². The molecule has 1 aliphatic carbocycles. The van der Waals surface area contributed by atoms with Crippen molar-refractivity contribution in [1.82, 2.24) is 10.6 Å². The number of amides is 2. The fourth-order valence-corrected chi connectivity index (χ4v) is 2.55. The summed E-state index contributed by atoms with van der Waals surface area (Å²) in [5.41, 5.74) is -0.817. The maximum atomic E-state index is 12.7. The molecular weight excluding hydrogens is 287 g/mol. The summed E-state index contributed by atoms with van der Waals surface area (Å²) >= 11 is 0. The average Bonchev–Trinajstić information content (AvgIpc) is 2.95. The van der Waals surface area contributed by atoms with Crippen molar-refractivity contribution in [3.8, 4) is 0 Å². The molecule has 0 radical (unpaired) electrons. The third-order valence-corrected chi connectivity index (χ3v) is 3.88. The van der Waals surface area contributed by atoms with Crippen LogP contribution in [0.3, 0.4) is 0 Å². The molecule has 1 aliphatic rings. The van der Waals surface area contributed by atoms with Gasteiger partial charge in [-0.2, -0.15) is 0 Å². The Morgan fingerprint density at radius 2 is 1.68 bits per heavy atom. The highest BCUT2D eigenvalue weighted by Crippen LogP contribution is 2.29. The van der Waals surface area contributed by atoms with Crippen molar-refractivity contribution in [2.45, 2.75) is 37.7 Å². The van der Waals surface area contributed by atoms with Gasteiger partial charge in [-0.1, -0.05) is 0 Å². The van der Waals surface area contributed by atoms with Gasteiger partial charge in [-0.25, -0.2) is 4.39 Å². The average molecular weight is 308 g/mol. The van der Waals surface area contributed by atoms with Crippen LogP contribution in [0.2, 0.25) is 0 Å². The number of hydrogen-bond donors (Lipinski definition) is 3. The molecule has 5 nitrogen and oxygen atoms in total. The summed E-state index contributed by atoms with van der Waals surface area (Å²) < 4.78 is 12.7. The van der Waals surface area contributed by atoms with Gasteiger partial charge in [-0.15, -0.1) is 0 Å². The van der Waals surface area contributed by atoms with Crippen molar-refractivity contribution < 1.29 is 19.1 Å². The first-order valence-electron chi connectivity index (χ1n) is 7.56. The van der Waals surface area contributed by atoms with Gasteiger partial charge >= 0.3 is 0 Å². The van der Waals surface area contributed by atoms with Crippen molar-refractivity contribution in [3.63, 3.8) is 0 Å². The predicted octanol–water partition coefficient (Wildman–Crippen LogP) is 1.37. The number of benzene rings is 1. The van der Waals surface area contributed by atoms with Crippen LogP contribution in [-0.2, 0) is 4.79 Å². The van der Waals surface area contributed by atoms with Gasteiger partial charge in [0, 0.05) is 18.7 Å². The van der Waals surface area contributed by atoms with E-state index in [1.165, 1.54) is 24.3 Å². The van der Waals surface area contributed by atoms with Gasteiger partial charge in [-0.3, -0.25) is 9.59 Å². The first-order chi connectivity index (χ1) is 10.5. The number of hydrogen-bond acceptors (Lipinski definition) is 3. The summed E-state index contributed by atoms with van der Waals surface area (Å²) in [6, 6.07) is 5.30. The zero-order valence-electron chi connectivity index (χ0n) is 12.4. The van der Waals surface area contributed by atoms with E-state index in [1.807, 2.05) is 0 Å². The number of carbonyl (C=O) groups is 2. The van der Waals surface area contributed by atoms with Crippen LogP contribution in [0, 0.1) is 5.82 Å². The van der Waals surface area contributed by atoms with Crippen molar-refractivity contribution in [3.05, 3.63) is 35.6 Å². The quantitative estimate of drug-likeness (QED) is 0.695. The summed E-state index contributed by atoms with van der Waals surface area (Å²) in [6.45, 7) is 0.791. The van der Waals surface area contributed by atoms with Gasteiger partial charge in [0.05, 0.1) is 0 Å². The Kier molecular flexibility index (Phi) is 5.49. The third kappa shape index (κ3) is 4.27. The Morgan fingerprint density at radius 3 is 2.32 bits per heavy atom. The van der Waals surface area contributed by atoms with E-state index in [-0.39, 0.29) is 17.6 Å².